The Morgan fingerprint density at radius 1 is 0.667 bits per heavy atom. The van der Waals surface area contributed by atoms with E-state index in [4.69, 9.17) is 14.9 Å². The fourth-order valence-electron chi connectivity index (χ4n) is 4.92. The van der Waals surface area contributed by atoms with Crippen LogP contribution < -0.4 is 10.6 Å². The molecule has 0 saturated carbocycles. The number of rotatable bonds is 31. The Labute approximate surface area is 273 Å². The zero-order valence-corrected chi connectivity index (χ0v) is 28.4. The van der Waals surface area contributed by atoms with E-state index in [-0.39, 0.29) is 30.9 Å². The predicted octanol–water partition coefficient (Wildman–Crippen LogP) is 7.31. The van der Waals surface area contributed by atoms with E-state index in [9.17, 15) is 19.2 Å². The molecule has 0 aliphatic heterocycles. The van der Waals surface area contributed by atoms with Crippen molar-refractivity contribution in [1.82, 2.24) is 10.6 Å². The average Bonchev–Trinajstić information content (AvgIpc) is 3.02. The summed E-state index contributed by atoms with van der Waals surface area (Å²) in [5.74, 6) is -2.41. The first kappa shape index (κ1) is 42.3. The minimum absolute atomic E-state index is 0.0847. The maximum atomic E-state index is 12.5. The van der Waals surface area contributed by atoms with Crippen molar-refractivity contribution in [2.24, 2.45) is 0 Å². The fraction of sp³-hybridized carbons (Fsp3) is 0.778. The van der Waals surface area contributed by atoms with Gasteiger partial charge in [-0.2, -0.15) is 0 Å². The van der Waals surface area contributed by atoms with Gasteiger partial charge < -0.3 is 25.6 Å². The maximum absolute atomic E-state index is 12.5. The Hall–Kier alpha value is -2.68. The lowest BCUT2D eigenvalue weighted by molar-refractivity contribution is -0.150. The van der Waals surface area contributed by atoms with Gasteiger partial charge in [-0.25, -0.2) is 4.79 Å². The number of allylic oxidation sites excluding steroid dienone is 4. The van der Waals surface area contributed by atoms with Crippen LogP contribution in [0.3, 0.4) is 0 Å². The van der Waals surface area contributed by atoms with Crippen molar-refractivity contribution in [3.05, 3.63) is 24.3 Å². The number of carbonyl (C=O) groups excluding carboxylic acids is 3. The summed E-state index contributed by atoms with van der Waals surface area (Å²) >= 11 is 0. The molecule has 0 aromatic carbocycles. The molecule has 0 aliphatic carbocycles. The van der Waals surface area contributed by atoms with E-state index < -0.39 is 24.5 Å². The van der Waals surface area contributed by atoms with E-state index in [1.165, 1.54) is 44.9 Å². The summed E-state index contributed by atoms with van der Waals surface area (Å²) in [6.07, 6.45) is 30.8. The second kappa shape index (κ2) is 31.3. The second-order valence-electron chi connectivity index (χ2n) is 12.0. The van der Waals surface area contributed by atoms with Gasteiger partial charge in [0.25, 0.3) is 0 Å². The molecule has 0 heterocycles. The molecule has 0 rings (SSSR count). The number of aliphatic hydroxyl groups is 1. The summed E-state index contributed by atoms with van der Waals surface area (Å²) < 4.78 is 5.86. The molecule has 2 amide bonds. The van der Waals surface area contributed by atoms with Crippen molar-refractivity contribution < 1.29 is 34.1 Å². The minimum atomic E-state index is -1.39. The van der Waals surface area contributed by atoms with Gasteiger partial charge in [-0.05, 0) is 70.6 Å². The summed E-state index contributed by atoms with van der Waals surface area (Å²) in [5, 5.41) is 22.4. The third-order valence-corrected chi connectivity index (χ3v) is 7.70. The number of ether oxygens (including phenoxy) is 1. The lowest BCUT2D eigenvalue weighted by atomic mass is 10.0. The molecule has 0 aliphatic rings. The van der Waals surface area contributed by atoms with Gasteiger partial charge in [0, 0.05) is 12.8 Å². The minimum Gasteiger partial charge on any atom is -0.480 e. The number of aliphatic carboxylic acids is 1. The second-order valence-corrected chi connectivity index (χ2v) is 12.0. The number of hydrogen-bond acceptors (Lipinski definition) is 6. The number of carbonyl (C=O) groups is 4. The predicted molar refractivity (Wildman–Crippen MR) is 181 cm³/mol. The van der Waals surface area contributed by atoms with Crippen LogP contribution in [0.5, 0.6) is 0 Å². The molecule has 45 heavy (non-hydrogen) atoms. The topological polar surface area (TPSA) is 142 Å². The van der Waals surface area contributed by atoms with Gasteiger partial charge in [0.15, 0.2) is 0 Å². The molecule has 9 heteroatoms. The van der Waals surface area contributed by atoms with Crippen LogP contribution in [0, 0.1) is 0 Å². The number of amides is 2. The highest BCUT2D eigenvalue weighted by atomic mass is 16.5. The molecular weight excluding hydrogens is 572 g/mol. The van der Waals surface area contributed by atoms with Gasteiger partial charge in [0.2, 0.25) is 11.8 Å². The van der Waals surface area contributed by atoms with Gasteiger partial charge in [-0.3, -0.25) is 14.4 Å². The summed E-state index contributed by atoms with van der Waals surface area (Å²) in [6.45, 7) is 3.34. The van der Waals surface area contributed by atoms with Gasteiger partial charge in [-0.1, -0.05) is 95.9 Å². The highest BCUT2D eigenvalue weighted by Gasteiger charge is 2.19. The number of esters is 1. The molecule has 2 atom stereocenters. The Morgan fingerprint density at radius 2 is 1.20 bits per heavy atom. The quantitative estimate of drug-likeness (QED) is 0.0355. The van der Waals surface area contributed by atoms with Crippen LogP contribution in [0.2, 0.25) is 0 Å². The summed E-state index contributed by atoms with van der Waals surface area (Å²) in [6, 6.07) is -1.39. The van der Waals surface area contributed by atoms with Gasteiger partial charge in [0.1, 0.15) is 12.1 Å². The maximum Gasteiger partial charge on any atom is 0.328 e. The first-order valence-corrected chi connectivity index (χ1v) is 17.7. The van der Waals surface area contributed by atoms with E-state index in [1.807, 2.05) is 0 Å². The Kier molecular flexibility index (Phi) is 29.4. The molecular formula is C36H64N2O7. The molecule has 0 bridgehead atoms. The molecule has 0 fully saturated rings. The zero-order chi connectivity index (χ0) is 33.4. The SMILES string of the molecule is CCCCC/C=C\C/C=C\CCCCCCCC(=O)OC(CCCCCC)CCCCCC(=O)NCC(=O)NC(CO)C(=O)O. The lowest BCUT2D eigenvalue weighted by Crippen LogP contribution is -2.47. The molecule has 0 aromatic heterocycles. The highest BCUT2D eigenvalue weighted by molar-refractivity contribution is 5.87. The van der Waals surface area contributed by atoms with Gasteiger partial charge in [-0.15, -0.1) is 0 Å². The van der Waals surface area contributed by atoms with Crippen molar-refractivity contribution in [2.75, 3.05) is 13.2 Å². The third-order valence-electron chi connectivity index (χ3n) is 7.70. The lowest BCUT2D eigenvalue weighted by Gasteiger charge is -2.18. The molecule has 0 aromatic rings. The summed E-state index contributed by atoms with van der Waals surface area (Å²) in [4.78, 5) is 47.2. The van der Waals surface area contributed by atoms with Gasteiger partial charge in [0.05, 0.1) is 13.2 Å². The van der Waals surface area contributed by atoms with E-state index >= 15 is 0 Å². The average molecular weight is 637 g/mol. The number of aliphatic hydroxyl groups excluding tert-OH is 1. The van der Waals surface area contributed by atoms with Crippen LogP contribution >= 0.6 is 0 Å². The van der Waals surface area contributed by atoms with E-state index in [1.54, 1.807) is 0 Å². The molecule has 2 unspecified atom stereocenters. The standard InChI is InChI=1S/C36H64N2O7/c1-3-5-7-9-10-11-12-13-14-15-16-17-18-19-24-28-35(42)45-31(25-21-8-6-4-2)26-22-20-23-27-33(40)37-29-34(41)38-32(30-39)36(43)44/h10-11,13-14,31-32,39H,3-9,12,15-30H2,1-2H3,(H,37,40)(H,38,41)(H,43,44)/b11-10-,14-13-. The summed E-state index contributed by atoms with van der Waals surface area (Å²) in [5.41, 5.74) is 0. The van der Waals surface area contributed by atoms with Crippen molar-refractivity contribution in [3.63, 3.8) is 0 Å². The van der Waals surface area contributed by atoms with Crippen LogP contribution in [0.15, 0.2) is 24.3 Å². The van der Waals surface area contributed by atoms with Crippen molar-refractivity contribution in [3.8, 4) is 0 Å². The van der Waals surface area contributed by atoms with Gasteiger partial charge >= 0.3 is 11.9 Å². The van der Waals surface area contributed by atoms with Crippen molar-refractivity contribution in [2.45, 2.75) is 167 Å². The molecule has 0 saturated heterocycles. The Bertz CT molecular complexity index is 828. The molecule has 0 radical (unpaired) electrons. The number of carboxylic acids is 1. The zero-order valence-electron chi connectivity index (χ0n) is 28.4. The van der Waals surface area contributed by atoms with Crippen LogP contribution in [0.4, 0.5) is 0 Å². The largest absolute Gasteiger partial charge is 0.480 e. The van der Waals surface area contributed by atoms with Crippen LogP contribution in [-0.2, 0) is 23.9 Å². The summed E-state index contributed by atoms with van der Waals surface area (Å²) in [7, 11) is 0. The van der Waals surface area contributed by atoms with E-state index in [2.05, 4.69) is 48.8 Å². The number of nitrogens with one attached hydrogen (secondary N) is 2. The van der Waals surface area contributed by atoms with Crippen LogP contribution in [-0.4, -0.2) is 59.3 Å². The normalized spacial score (nSPS) is 12.8. The Morgan fingerprint density at radius 3 is 1.82 bits per heavy atom. The first-order chi connectivity index (χ1) is 21.8. The number of hydrogen-bond donors (Lipinski definition) is 4. The molecule has 9 nitrogen and oxygen atoms in total. The monoisotopic (exact) mass is 636 g/mol. The van der Waals surface area contributed by atoms with Crippen molar-refractivity contribution in [1.29, 1.82) is 0 Å². The van der Waals surface area contributed by atoms with E-state index in [0.29, 0.717) is 12.8 Å². The molecule has 4 N–H and O–H groups in total. The smallest absolute Gasteiger partial charge is 0.328 e. The molecule has 260 valence electrons. The van der Waals surface area contributed by atoms with Crippen molar-refractivity contribution >= 4 is 23.8 Å². The molecule has 0 spiro atoms. The first-order valence-electron chi connectivity index (χ1n) is 17.7. The number of unbranched alkanes of at least 4 members (excludes halogenated alkanes) is 13. The third kappa shape index (κ3) is 28.5. The Balaban J connectivity index is 4.10. The van der Waals surface area contributed by atoms with E-state index in [0.717, 1.165) is 77.0 Å². The van der Waals surface area contributed by atoms with Crippen LogP contribution in [0.1, 0.15) is 155 Å². The number of carboxylic acid groups (broad SMARTS) is 1. The highest BCUT2D eigenvalue weighted by Crippen LogP contribution is 2.17. The van der Waals surface area contributed by atoms with Crippen LogP contribution in [0.25, 0.3) is 0 Å². The fourth-order valence-corrected chi connectivity index (χ4v) is 4.92.